The molecule has 0 saturated carbocycles. The van der Waals surface area contributed by atoms with Crippen LogP contribution in [-0.4, -0.2) is 37.5 Å². The van der Waals surface area contributed by atoms with Crippen LogP contribution in [-0.2, 0) is 4.79 Å². The van der Waals surface area contributed by atoms with Gasteiger partial charge in [-0.2, -0.15) is 5.10 Å². The van der Waals surface area contributed by atoms with E-state index in [0.717, 1.165) is 11.4 Å². The second kappa shape index (κ2) is 9.68. The molecule has 0 bridgehead atoms. The molecule has 2 aromatic carbocycles. The van der Waals surface area contributed by atoms with Gasteiger partial charge >= 0.3 is 0 Å². The molecule has 0 aromatic heterocycles. The SMILES string of the molecule is CC[C@@H](Nc1ccc(OC)cc1)C(=O)N/N=C\c1cc(Cl)c(O)c(OC)c1. The van der Waals surface area contributed by atoms with Crippen LogP contribution in [0.5, 0.6) is 17.2 Å². The summed E-state index contributed by atoms with van der Waals surface area (Å²) in [4.78, 5) is 12.3. The maximum Gasteiger partial charge on any atom is 0.262 e. The first-order valence-corrected chi connectivity index (χ1v) is 8.66. The zero-order valence-corrected chi connectivity index (χ0v) is 16.1. The smallest absolute Gasteiger partial charge is 0.262 e. The van der Waals surface area contributed by atoms with Crippen LogP contribution in [0.15, 0.2) is 41.5 Å². The molecule has 2 rings (SSSR count). The summed E-state index contributed by atoms with van der Waals surface area (Å²) in [5.74, 6) is 0.546. The number of aromatic hydroxyl groups is 1. The maximum absolute atomic E-state index is 12.3. The van der Waals surface area contributed by atoms with Crippen molar-refractivity contribution in [3.63, 3.8) is 0 Å². The van der Waals surface area contributed by atoms with Crippen molar-refractivity contribution in [2.24, 2.45) is 5.10 Å². The summed E-state index contributed by atoms with van der Waals surface area (Å²) in [6.07, 6.45) is 2.00. The number of nitrogens with one attached hydrogen (secondary N) is 2. The number of hydrogen-bond acceptors (Lipinski definition) is 6. The molecule has 0 saturated heterocycles. The van der Waals surface area contributed by atoms with Gasteiger partial charge in [0.2, 0.25) is 0 Å². The van der Waals surface area contributed by atoms with Gasteiger partial charge in [0.15, 0.2) is 11.5 Å². The summed E-state index contributed by atoms with van der Waals surface area (Å²) >= 11 is 5.93. The first-order chi connectivity index (χ1) is 13.0. The second-order valence-corrected chi connectivity index (χ2v) is 6.03. The highest BCUT2D eigenvalue weighted by Gasteiger charge is 2.15. The van der Waals surface area contributed by atoms with Gasteiger partial charge in [0.25, 0.3) is 5.91 Å². The molecule has 27 heavy (non-hydrogen) atoms. The van der Waals surface area contributed by atoms with Gasteiger partial charge < -0.3 is 19.9 Å². The van der Waals surface area contributed by atoms with Crippen LogP contribution in [0.2, 0.25) is 5.02 Å². The highest BCUT2D eigenvalue weighted by Crippen LogP contribution is 2.34. The highest BCUT2D eigenvalue weighted by molar-refractivity contribution is 6.32. The summed E-state index contributed by atoms with van der Waals surface area (Å²) in [5, 5.41) is 17.0. The lowest BCUT2D eigenvalue weighted by Gasteiger charge is -2.16. The summed E-state index contributed by atoms with van der Waals surface area (Å²) in [6, 6.07) is 9.92. The fraction of sp³-hybridized carbons (Fsp3) is 0.263. The van der Waals surface area contributed by atoms with Crippen molar-refractivity contribution in [3.05, 3.63) is 47.0 Å². The number of phenols is 1. The van der Waals surface area contributed by atoms with Gasteiger partial charge in [-0.3, -0.25) is 4.79 Å². The average molecular weight is 392 g/mol. The number of methoxy groups -OCH3 is 2. The zero-order valence-electron chi connectivity index (χ0n) is 15.3. The predicted molar refractivity (Wildman–Crippen MR) is 106 cm³/mol. The Morgan fingerprint density at radius 1 is 1.26 bits per heavy atom. The molecule has 0 aliphatic carbocycles. The van der Waals surface area contributed by atoms with Crippen molar-refractivity contribution in [1.82, 2.24) is 5.43 Å². The summed E-state index contributed by atoms with van der Waals surface area (Å²) in [5.41, 5.74) is 3.87. The van der Waals surface area contributed by atoms with E-state index >= 15 is 0 Å². The molecule has 0 fully saturated rings. The van der Waals surface area contributed by atoms with Crippen LogP contribution in [0.25, 0.3) is 0 Å². The molecule has 8 heteroatoms. The Morgan fingerprint density at radius 2 is 1.96 bits per heavy atom. The van der Waals surface area contributed by atoms with Crippen LogP contribution in [0, 0.1) is 0 Å². The van der Waals surface area contributed by atoms with E-state index in [1.807, 2.05) is 31.2 Å². The predicted octanol–water partition coefficient (Wildman–Crippen LogP) is 3.40. The van der Waals surface area contributed by atoms with Crippen LogP contribution < -0.4 is 20.2 Å². The summed E-state index contributed by atoms with van der Waals surface area (Å²) < 4.78 is 10.1. The van der Waals surface area contributed by atoms with E-state index in [1.54, 1.807) is 13.2 Å². The monoisotopic (exact) mass is 391 g/mol. The number of hydrogen-bond donors (Lipinski definition) is 3. The number of nitrogens with zero attached hydrogens (tertiary/aromatic N) is 1. The number of rotatable bonds is 8. The topological polar surface area (TPSA) is 92.2 Å². The molecule has 0 unspecified atom stereocenters. The van der Waals surface area contributed by atoms with E-state index in [-0.39, 0.29) is 22.4 Å². The lowest BCUT2D eigenvalue weighted by molar-refractivity contribution is -0.121. The standard InChI is InChI=1S/C19H22ClN3O4/c1-4-16(22-13-5-7-14(26-2)8-6-13)19(25)23-21-11-12-9-15(20)18(24)17(10-12)27-3/h5-11,16,22,24H,4H2,1-3H3,(H,23,25)/b21-11-/t16-/m1/s1. The minimum absolute atomic E-state index is 0.134. The first-order valence-electron chi connectivity index (χ1n) is 8.28. The van der Waals surface area contributed by atoms with E-state index < -0.39 is 6.04 Å². The molecule has 7 nitrogen and oxygen atoms in total. The second-order valence-electron chi connectivity index (χ2n) is 5.62. The fourth-order valence-corrected chi connectivity index (χ4v) is 2.53. The minimum Gasteiger partial charge on any atom is -0.503 e. The van der Waals surface area contributed by atoms with Crippen LogP contribution in [0.1, 0.15) is 18.9 Å². The Balaban J connectivity index is 1.99. The number of carbonyl (C=O) groups is 1. The third kappa shape index (κ3) is 5.52. The van der Waals surface area contributed by atoms with Gasteiger partial charge in [-0.15, -0.1) is 0 Å². The van der Waals surface area contributed by atoms with Crippen molar-refractivity contribution < 1.29 is 19.4 Å². The number of ether oxygens (including phenoxy) is 2. The lowest BCUT2D eigenvalue weighted by Crippen LogP contribution is -2.36. The highest BCUT2D eigenvalue weighted by atomic mass is 35.5. The molecule has 1 amide bonds. The average Bonchev–Trinajstić information content (AvgIpc) is 2.68. The Bertz CT molecular complexity index is 809. The van der Waals surface area contributed by atoms with Crippen molar-refractivity contribution >= 4 is 29.4 Å². The Kier molecular flexibility index (Phi) is 7.31. The molecule has 0 radical (unpaired) electrons. The Labute approximate surface area is 162 Å². The molecule has 2 aromatic rings. The molecule has 0 aliphatic rings. The van der Waals surface area contributed by atoms with E-state index in [9.17, 15) is 9.90 Å². The number of benzene rings is 2. The molecule has 144 valence electrons. The molecule has 0 spiro atoms. The van der Waals surface area contributed by atoms with Gasteiger partial charge in [-0.25, -0.2) is 5.43 Å². The van der Waals surface area contributed by atoms with Gasteiger partial charge in [0.1, 0.15) is 11.8 Å². The van der Waals surface area contributed by atoms with E-state index in [2.05, 4.69) is 15.8 Å². The van der Waals surface area contributed by atoms with Crippen LogP contribution in [0.4, 0.5) is 5.69 Å². The van der Waals surface area contributed by atoms with Gasteiger partial charge in [0, 0.05) is 5.69 Å². The van der Waals surface area contributed by atoms with Gasteiger partial charge in [0.05, 0.1) is 25.5 Å². The quantitative estimate of drug-likeness (QED) is 0.473. The number of phenolic OH excluding ortho intramolecular Hbond substituents is 1. The Morgan fingerprint density at radius 3 is 2.56 bits per heavy atom. The van der Waals surface area contributed by atoms with Crippen LogP contribution in [0.3, 0.4) is 0 Å². The third-order valence-corrected chi connectivity index (χ3v) is 4.10. The van der Waals surface area contributed by atoms with Crippen molar-refractivity contribution in [2.75, 3.05) is 19.5 Å². The molecule has 0 heterocycles. The number of anilines is 1. The summed E-state index contributed by atoms with van der Waals surface area (Å²) in [6.45, 7) is 1.90. The zero-order chi connectivity index (χ0) is 19.8. The Hall–Kier alpha value is -2.93. The fourth-order valence-electron chi connectivity index (χ4n) is 2.31. The molecular weight excluding hydrogens is 370 g/mol. The molecular formula is C19H22ClN3O4. The third-order valence-electron chi connectivity index (χ3n) is 3.81. The first kappa shape index (κ1) is 20.4. The largest absolute Gasteiger partial charge is 0.503 e. The number of amides is 1. The number of halogens is 1. The van der Waals surface area contributed by atoms with E-state index in [0.29, 0.717) is 12.0 Å². The van der Waals surface area contributed by atoms with Crippen LogP contribution >= 0.6 is 11.6 Å². The number of carbonyl (C=O) groups excluding carboxylic acids is 1. The van der Waals surface area contributed by atoms with E-state index in [4.69, 9.17) is 21.1 Å². The minimum atomic E-state index is -0.450. The van der Waals surface area contributed by atoms with Crippen molar-refractivity contribution in [2.45, 2.75) is 19.4 Å². The molecule has 1 atom stereocenters. The normalized spacial score (nSPS) is 11.9. The van der Waals surface area contributed by atoms with E-state index in [1.165, 1.54) is 19.4 Å². The van der Waals surface area contributed by atoms with Crippen molar-refractivity contribution in [1.29, 1.82) is 0 Å². The maximum atomic E-state index is 12.3. The van der Waals surface area contributed by atoms with Gasteiger partial charge in [-0.05, 0) is 48.4 Å². The molecule has 0 aliphatic heterocycles. The van der Waals surface area contributed by atoms with Gasteiger partial charge in [-0.1, -0.05) is 18.5 Å². The lowest BCUT2D eigenvalue weighted by atomic mass is 10.2. The summed E-state index contributed by atoms with van der Waals surface area (Å²) in [7, 11) is 3.02. The van der Waals surface area contributed by atoms with Crippen molar-refractivity contribution in [3.8, 4) is 17.2 Å². The molecule has 3 N–H and O–H groups in total. The number of hydrazone groups is 1.